The summed E-state index contributed by atoms with van der Waals surface area (Å²) in [6.45, 7) is 0. The number of anilines is 1. The molecule has 3 aromatic rings. The molecule has 2 aromatic heterocycles. The topological polar surface area (TPSA) is 69.6 Å². The Hall–Kier alpha value is -1.41. The molecular weight excluding hydrogens is 365 g/mol. The van der Waals surface area contributed by atoms with Gasteiger partial charge in [0.1, 0.15) is 8.72 Å². The number of rotatable bonds is 1. The largest absolute Gasteiger partial charge is 0.368 e. The van der Waals surface area contributed by atoms with Gasteiger partial charge in [-0.15, -0.1) is 0 Å². The SMILES string of the molecule is Nc1ncc(Cl)c(-n2nc(I)c3ccccc32)n1. The van der Waals surface area contributed by atoms with Crippen LogP contribution in [0.15, 0.2) is 30.5 Å². The van der Waals surface area contributed by atoms with E-state index in [1.165, 1.54) is 6.20 Å². The van der Waals surface area contributed by atoms with Crippen LogP contribution in [0, 0.1) is 3.70 Å². The average Bonchev–Trinajstić information content (AvgIpc) is 2.71. The fourth-order valence-electron chi connectivity index (χ4n) is 1.71. The van der Waals surface area contributed by atoms with Gasteiger partial charge in [0.15, 0.2) is 5.82 Å². The van der Waals surface area contributed by atoms with Crippen molar-refractivity contribution in [2.24, 2.45) is 0 Å². The van der Waals surface area contributed by atoms with E-state index in [1.807, 2.05) is 24.3 Å². The predicted octanol–water partition coefficient (Wildman–Crippen LogP) is 2.66. The van der Waals surface area contributed by atoms with Gasteiger partial charge in [0, 0.05) is 5.39 Å². The number of halogens is 2. The van der Waals surface area contributed by atoms with E-state index < -0.39 is 0 Å². The lowest BCUT2D eigenvalue weighted by molar-refractivity contribution is 0.859. The molecule has 0 saturated carbocycles. The van der Waals surface area contributed by atoms with Crippen molar-refractivity contribution in [1.82, 2.24) is 19.7 Å². The molecule has 0 aliphatic carbocycles. The molecule has 0 aliphatic heterocycles. The van der Waals surface area contributed by atoms with Crippen molar-refractivity contribution in [3.05, 3.63) is 39.2 Å². The highest BCUT2D eigenvalue weighted by atomic mass is 127. The molecule has 0 unspecified atom stereocenters. The van der Waals surface area contributed by atoms with E-state index in [1.54, 1.807) is 4.68 Å². The molecular formula is C11H7ClIN5. The lowest BCUT2D eigenvalue weighted by atomic mass is 10.2. The number of nitrogen functional groups attached to an aromatic ring is 1. The van der Waals surface area contributed by atoms with Crippen LogP contribution >= 0.6 is 34.2 Å². The van der Waals surface area contributed by atoms with Gasteiger partial charge < -0.3 is 5.73 Å². The molecule has 0 atom stereocenters. The second-order valence-corrected chi connectivity index (χ2v) is 5.05. The van der Waals surface area contributed by atoms with Gasteiger partial charge in [-0.25, -0.2) is 9.67 Å². The van der Waals surface area contributed by atoms with Crippen molar-refractivity contribution < 1.29 is 0 Å². The fraction of sp³-hybridized carbons (Fsp3) is 0. The maximum Gasteiger partial charge on any atom is 0.222 e. The van der Waals surface area contributed by atoms with Gasteiger partial charge in [-0.2, -0.15) is 10.1 Å². The summed E-state index contributed by atoms with van der Waals surface area (Å²) in [4.78, 5) is 7.98. The summed E-state index contributed by atoms with van der Waals surface area (Å²) < 4.78 is 2.56. The van der Waals surface area contributed by atoms with Crippen molar-refractivity contribution in [1.29, 1.82) is 0 Å². The molecule has 0 bridgehead atoms. The number of fused-ring (bicyclic) bond motifs is 1. The van der Waals surface area contributed by atoms with Crippen molar-refractivity contribution in [3.8, 4) is 5.82 Å². The molecule has 0 fully saturated rings. The molecule has 3 rings (SSSR count). The van der Waals surface area contributed by atoms with E-state index in [0.29, 0.717) is 10.8 Å². The van der Waals surface area contributed by atoms with Crippen LogP contribution in [0.4, 0.5) is 5.95 Å². The van der Waals surface area contributed by atoms with Crippen LogP contribution in [0.5, 0.6) is 0 Å². The predicted molar refractivity (Wildman–Crippen MR) is 78.8 cm³/mol. The Morgan fingerprint density at radius 3 is 2.89 bits per heavy atom. The lowest BCUT2D eigenvalue weighted by Crippen LogP contribution is -2.04. The molecule has 5 nitrogen and oxygen atoms in total. The Morgan fingerprint density at radius 1 is 1.28 bits per heavy atom. The third kappa shape index (κ3) is 1.81. The summed E-state index contributed by atoms with van der Waals surface area (Å²) in [5.74, 6) is 0.660. The van der Waals surface area contributed by atoms with E-state index in [2.05, 4.69) is 37.7 Å². The van der Waals surface area contributed by atoms with Gasteiger partial charge in [-0.1, -0.05) is 29.8 Å². The number of nitrogens with two attached hydrogens (primary N) is 1. The minimum Gasteiger partial charge on any atom is -0.368 e. The van der Waals surface area contributed by atoms with Crippen LogP contribution in [0.25, 0.3) is 16.7 Å². The van der Waals surface area contributed by atoms with E-state index in [9.17, 15) is 0 Å². The Bertz CT molecular complexity index is 739. The molecule has 90 valence electrons. The molecule has 0 saturated heterocycles. The van der Waals surface area contributed by atoms with Gasteiger partial charge >= 0.3 is 0 Å². The smallest absolute Gasteiger partial charge is 0.222 e. The first kappa shape index (κ1) is 11.7. The van der Waals surface area contributed by atoms with Crippen LogP contribution in [0.1, 0.15) is 0 Å². The molecule has 2 N–H and O–H groups in total. The van der Waals surface area contributed by atoms with Gasteiger partial charge in [0.05, 0.1) is 11.7 Å². The van der Waals surface area contributed by atoms with Gasteiger partial charge in [-0.05, 0) is 28.7 Å². The second-order valence-electron chi connectivity index (χ2n) is 3.62. The first-order valence-electron chi connectivity index (χ1n) is 5.08. The maximum absolute atomic E-state index is 6.10. The highest BCUT2D eigenvalue weighted by Gasteiger charge is 2.13. The van der Waals surface area contributed by atoms with Crippen LogP contribution in [-0.4, -0.2) is 19.7 Å². The molecule has 2 heterocycles. The summed E-state index contributed by atoms with van der Waals surface area (Å²) in [5, 5.41) is 5.89. The van der Waals surface area contributed by atoms with Crippen LogP contribution < -0.4 is 5.73 Å². The Labute approximate surface area is 121 Å². The summed E-state index contributed by atoms with van der Waals surface area (Å²) in [5.41, 5.74) is 6.52. The fourth-order valence-corrected chi connectivity index (χ4v) is 2.55. The van der Waals surface area contributed by atoms with Gasteiger partial charge in [0.25, 0.3) is 0 Å². The van der Waals surface area contributed by atoms with Crippen molar-refractivity contribution in [2.45, 2.75) is 0 Å². The first-order valence-corrected chi connectivity index (χ1v) is 6.54. The number of para-hydroxylation sites is 1. The maximum atomic E-state index is 6.10. The molecule has 0 radical (unpaired) electrons. The molecule has 0 amide bonds. The van der Waals surface area contributed by atoms with Crippen molar-refractivity contribution in [2.75, 3.05) is 5.73 Å². The van der Waals surface area contributed by atoms with Gasteiger partial charge in [-0.3, -0.25) is 0 Å². The minimum atomic E-state index is 0.170. The van der Waals surface area contributed by atoms with E-state index in [4.69, 9.17) is 17.3 Å². The molecule has 18 heavy (non-hydrogen) atoms. The van der Waals surface area contributed by atoms with Crippen LogP contribution in [-0.2, 0) is 0 Å². The van der Waals surface area contributed by atoms with Crippen LogP contribution in [0.3, 0.4) is 0 Å². The molecule has 7 heteroatoms. The Morgan fingerprint density at radius 2 is 2.06 bits per heavy atom. The standard InChI is InChI=1S/C11H7ClIN5/c12-7-5-15-11(14)16-10(7)18-8-4-2-1-3-6(8)9(13)17-18/h1-5H,(H2,14,15,16). The lowest BCUT2D eigenvalue weighted by Gasteiger charge is -2.04. The zero-order chi connectivity index (χ0) is 12.7. The number of hydrogen-bond donors (Lipinski definition) is 1. The highest BCUT2D eigenvalue weighted by molar-refractivity contribution is 14.1. The third-order valence-corrected chi connectivity index (χ3v) is 3.55. The van der Waals surface area contributed by atoms with Crippen molar-refractivity contribution >= 4 is 51.0 Å². The van der Waals surface area contributed by atoms with E-state index in [0.717, 1.165) is 14.6 Å². The summed E-state index contributed by atoms with van der Waals surface area (Å²) in [7, 11) is 0. The van der Waals surface area contributed by atoms with E-state index >= 15 is 0 Å². The third-order valence-electron chi connectivity index (χ3n) is 2.49. The number of aromatic nitrogens is 4. The number of benzene rings is 1. The zero-order valence-corrected chi connectivity index (χ0v) is 11.9. The first-order chi connectivity index (χ1) is 8.66. The summed E-state index contributed by atoms with van der Waals surface area (Å²) >= 11 is 8.27. The molecule has 0 aliphatic rings. The second kappa shape index (κ2) is 4.36. The minimum absolute atomic E-state index is 0.170. The molecule has 1 aromatic carbocycles. The average molecular weight is 372 g/mol. The van der Waals surface area contributed by atoms with Crippen molar-refractivity contribution in [3.63, 3.8) is 0 Å². The molecule has 0 spiro atoms. The number of hydrogen-bond acceptors (Lipinski definition) is 4. The highest BCUT2D eigenvalue weighted by Crippen LogP contribution is 2.25. The Balaban J connectivity index is 2.35. The van der Waals surface area contributed by atoms with E-state index in [-0.39, 0.29) is 5.95 Å². The Kier molecular flexibility index (Phi) is 2.83. The van der Waals surface area contributed by atoms with Gasteiger partial charge in [0.2, 0.25) is 5.95 Å². The number of nitrogens with zero attached hydrogens (tertiary/aromatic N) is 4. The summed E-state index contributed by atoms with van der Waals surface area (Å²) in [6.07, 6.45) is 1.47. The summed E-state index contributed by atoms with van der Waals surface area (Å²) in [6, 6.07) is 7.86. The zero-order valence-electron chi connectivity index (χ0n) is 9.01. The monoisotopic (exact) mass is 371 g/mol. The quantitative estimate of drug-likeness (QED) is 0.668. The van der Waals surface area contributed by atoms with Crippen LogP contribution in [0.2, 0.25) is 5.02 Å². The normalized spacial score (nSPS) is 11.0.